The maximum absolute atomic E-state index is 11.2. The van der Waals surface area contributed by atoms with Crippen LogP contribution >= 0.6 is 11.6 Å². The van der Waals surface area contributed by atoms with Crippen molar-refractivity contribution in [3.63, 3.8) is 0 Å². The van der Waals surface area contributed by atoms with E-state index in [0.717, 1.165) is 12.8 Å². The summed E-state index contributed by atoms with van der Waals surface area (Å²) < 4.78 is 1.33. The van der Waals surface area contributed by atoms with Crippen molar-refractivity contribution in [2.75, 3.05) is 0 Å². The van der Waals surface area contributed by atoms with Gasteiger partial charge >= 0.3 is 5.97 Å². The Hall–Kier alpha value is -1.95. The second-order valence-electron chi connectivity index (χ2n) is 4.12. The maximum Gasteiger partial charge on any atom is 0.340 e. The van der Waals surface area contributed by atoms with Gasteiger partial charge in [-0.2, -0.15) is 10.2 Å². The molecule has 0 radical (unpaired) electrons. The SMILES string of the molecule is O=C(O)c1c(C2CC2)nn(-c2cccnn2)c1Cl. The van der Waals surface area contributed by atoms with Crippen molar-refractivity contribution in [1.82, 2.24) is 20.0 Å². The normalized spacial score (nSPS) is 14.7. The summed E-state index contributed by atoms with van der Waals surface area (Å²) in [5.74, 6) is -0.444. The number of carboxylic acid groups (broad SMARTS) is 1. The molecule has 1 aliphatic rings. The lowest BCUT2D eigenvalue weighted by Crippen LogP contribution is -2.01. The van der Waals surface area contributed by atoms with Crippen LogP contribution in [-0.2, 0) is 0 Å². The summed E-state index contributed by atoms with van der Waals surface area (Å²) in [6, 6.07) is 3.37. The van der Waals surface area contributed by atoms with Gasteiger partial charge in [-0.15, -0.1) is 5.10 Å². The van der Waals surface area contributed by atoms with Gasteiger partial charge < -0.3 is 5.11 Å². The zero-order chi connectivity index (χ0) is 12.7. The van der Waals surface area contributed by atoms with Gasteiger partial charge in [0, 0.05) is 12.1 Å². The first-order valence-electron chi connectivity index (χ1n) is 5.48. The largest absolute Gasteiger partial charge is 0.478 e. The molecular formula is C11H9ClN4O2. The van der Waals surface area contributed by atoms with Gasteiger partial charge in [0.25, 0.3) is 0 Å². The van der Waals surface area contributed by atoms with E-state index in [0.29, 0.717) is 11.5 Å². The zero-order valence-corrected chi connectivity index (χ0v) is 10.0. The fourth-order valence-corrected chi connectivity index (χ4v) is 2.11. The number of aromatic nitrogens is 4. The molecule has 2 aromatic rings. The molecule has 18 heavy (non-hydrogen) atoms. The van der Waals surface area contributed by atoms with Gasteiger partial charge in [0.2, 0.25) is 0 Å². The molecule has 0 spiro atoms. The van der Waals surface area contributed by atoms with Gasteiger partial charge in [-0.25, -0.2) is 9.48 Å². The third-order valence-corrected chi connectivity index (χ3v) is 3.16. The van der Waals surface area contributed by atoms with E-state index in [4.69, 9.17) is 11.6 Å². The van der Waals surface area contributed by atoms with Crippen LogP contribution < -0.4 is 0 Å². The maximum atomic E-state index is 11.2. The van der Waals surface area contributed by atoms with E-state index in [1.165, 1.54) is 10.9 Å². The third kappa shape index (κ3) is 1.74. The molecule has 7 heteroatoms. The van der Waals surface area contributed by atoms with Crippen molar-refractivity contribution in [3.8, 4) is 5.82 Å². The number of nitrogens with zero attached hydrogens (tertiary/aromatic N) is 4. The highest BCUT2D eigenvalue weighted by molar-refractivity contribution is 6.33. The minimum absolute atomic E-state index is 0.0739. The molecule has 0 aromatic carbocycles. The molecule has 1 aliphatic carbocycles. The molecule has 92 valence electrons. The number of carbonyl (C=O) groups is 1. The molecule has 0 atom stereocenters. The second kappa shape index (κ2) is 4.06. The molecule has 2 aromatic heterocycles. The molecule has 1 N–H and O–H groups in total. The summed E-state index contributed by atoms with van der Waals surface area (Å²) in [6.45, 7) is 0. The summed E-state index contributed by atoms with van der Waals surface area (Å²) in [5.41, 5.74) is 0.614. The summed E-state index contributed by atoms with van der Waals surface area (Å²) in [5, 5.41) is 21.2. The van der Waals surface area contributed by atoms with Crippen molar-refractivity contribution in [2.45, 2.75) is 18.8 Å². The number of halogens is 1. The number of hydrogen-bond donors (Lipinski definition) is 1. The Kier molecular flexibility index (Phi) is 2.52. The van der Waals surface area contributed by atoms with Gasteiger partial charge in [0.1, 0.15) is 10.7 Å². The summed E-state index contributed by atoms with van der Waals surface area (Å²) in [7, 11) is 0. The lowest BCUT2D eigenvalue weighted by molar-refractivity contribution is 0.0696. The average Bonchev–Trinajstić information content (AvgIpc) is 3.14. The summed E-state index contributed by atoms with van der Waals surface area (Å²) >= 11 is 6.08. The number of hydrogen-bond acceptors (Lipinski definition) is 4. The van der Waals surface area contributed by atoms with Gasteiger partial charge in [-0.1, -0.05) is 11.6 Å². The van der Waals surface area contributed by atoms with Crippen LogP contribution in [0.5, 0.6) is 0 Å². The van der Waals surface area contributed by atoms with Gasteiger partial charge in [-0.05, 0) is 25.0 Å². The third-order valence-electron chi connectivity index (χ3n) is 2.81. The first-order valence-corrected chi connectivity index (χ1v) is 5.86. The van der Waals surface area contributed by atoms with Crippen molar-refractivity contribution < 1.29 is 9.90 Å². The van der Waals surface area contributed by atoms with E-state index in [9.17, 15) is 9.90 Å². The molecule has 6 nitrogen and oxygen atoms in total. The first kappa shape index (κ1) is 11.2. The first-order chi connectivity index (χ1) is 8.68. The van der Waals surface area contributed by atoms with Crippen LogP contribution in [0.3, 0.4) is 0 Å². The fraction of sp³-hybridized carbons (Fsp3) is 0.273. The Labute approximate surface area is 107 Å². The van der Waals surface area contributed by atoms with Crippen LogP contribution in [-0.4, -0.2) is 31.1 Å². The molecule has 0 unspecified atom stereocenters. The minimum atomic E-state index is -1.06. The van der Waals surface area contributed by atoms with Gasteiger partial charge in [0.05, 0.1) is 5.69 Å². The van der Waals surface area contributed by atoms with Gasteiger partial charge in [-0.3, -0.25) is 0 Å². The Balaban J connectivity index is 2.17. The van der Waals surface area contributed by atoms with E-state index in [1.807, 2.05) is 0 Å². The standard InChI is InChI=1S/C11H9ClN4O2/c12-10-8(11(17)18)9(6-3-4-6)15-16(10)7-2-1-5-13-14-7/h1-2,5-6H,3-4H2,(H,17,18). The molecule has 0 amide bonds. The monoisotopic (exact) mass is 264 g/mol. The second-order valence-corrected chi connectivity index (χ2v) is 4.48. The minimum Gasteiger partial charge on any atom is -0.478 e. The summed E-state index contributed by atoms with van der Waals surface area (Å²) in [6.07, 6.45) is 3.43. The molecule has 0 aliphatic heterocycles. The van der Waals surface area contributed by atoms with Gasteiger partial charge in [0.15, 0.2) is 5.82 Å². The van der Waals surface area contributed by atoms with E-state index in [-0.39, 0.29) is 16.6 Å². The fourth-order valence-electron chi connectivity index (χ4n) is 1.81. The van der Waals surface area contributed by atoms with Crippen molar-refractivity contribution in [1.29, 1.82) is 0 Å². The molecule has 2 heterocycles. The van der Waals surface area contributed by atoms with Crippen LogP contribution in [0.2, 0.25) is 5.15 Å². The van der Waals surface area contributed by atoms with Crippen LogP contribution in [0.1, 0.15) is 34.8 Å². The van der Waals surface area contributed by atoms with E-state index < -0.39 is 5.97 Å². The van der Waals surface area contributed by atoms with E-state index in [1.54, 1.807) is 12.1 Å². The Morgan fingerprint density at radius 1 is 1.50 bits per heavy atom. The topological polar surface area (TPSA) is 80.9 Å². The van der Waals surface area contributed by atoms with Crippen molar-refractivity contribution in [3.05, 3.63) is 34.7 Å². The Morgan fingerprint density at radius 3 is 2.83 bits per heavy atom. The highest BCUT2D eigenvalue weighted by Gasteiger charge is 2.34. The molecule has 1 saturated carbocycles. The van der Waals surface area contributed by atoms with Crippen LogP contribution in [0.25, 0.3) is 5.82 Å². The molecule has 0 bridgehead atoms. The number of carboxylic acids is 1. The lowest BCUT2D eigenvalue weighted by Gasteiger charge is -1.99. The predicted molar refractivity (Wildman–Crippen MR) is 63.1 cm³/mol. The smallest absolute Gasteiger partial charge is 0.340 e. The van der Waals surface area contributed by atoms with Crippen LogP contribution in [0.15, 0.2) is 18.3 Å². The zero-order valence-electron chi connectivity index (χ0n) is 9.25. The number of aromatic carboxylic acids is 1. The molecule has 1 fully saturated rings. The molecule has 0 saturated heterocycles. The Bertz CT molecular complexity index is 607. The average molecular weight is 265 g/mol. The van der Waals surface area contributed by atoms with E-state index >= 15 is 0 Å². The predicted octanol–water partition coefficient (Wildman–Crippen LogP) is 1.89. The van der Waals surface area contributed by atoms with E-state index in [2.05, 4.69) is 15.3 Å². The number of rotatable bonds is 3. The van der Waals surface area contributed by atoms with Crippen LogP contribution in [0.4, 0.5) is 0 Å². The Morgan fingerprint density at radius 2 is 2.28 bits per heavy atom. The molecule has 3 rings (SSSR count). The van der Waals surface area contributed by atoms with Crippen molar-refractivity contribution in [2.24, 2.45) is 0 Å². The highest BCUT2D eigenvalue weighted by Crippen LogP contribution is 2.42. The highest BCUT2D eigenvalue weighted by atomic mass is 35.5. The van der Waals surface area contributed by atoms with Crippen molar-refractivity contribution >= 4 is 17.6 Å². The lowest BCUT2D eigenvalue weighted by atomic mass is 10.2. The molecular weight excluding hydrogens is 256 g/mol. The summed E-state index contributed by atoms with van der Waals surface area (Å²) in [4.78, 5) is 11.2. The quantitative estimate of drug-likeness (QED) is 0.916. The van der Waals surface area contributed by atoms with Crippen LogP contribution in [0, 0.1) is 0 Å².